The summed E-state index contributed by atoms with van der Waals surface area (Å²) in [5, 5.41) is 2.54. The highest BCUT2D eigenvalue weighted by atomic mass is 32.2. The van der Waals surface area contributed by atoms with E-state index < -0.39 is 0 Å². The van der Waals surface area contributed by atoms with E-state index in [1.54, 1.807) is 17.1 Å². The van der Waals surface area contributed by atoms with Gasteiger partial charge in [0.25, 0.3) is 11.8 Å². The molecule has 0 spiro atoms. The maximum atomic E-state index is 13.2. The van der Waals surface area contributed by atoms with E-state index in [0.29, 0.717) is 43.5 Å². The smallest absolute Gasteiger partial charge is 0.273 e. The summed E-state index contributed by atoms with van der Waals surface area (Å²) >= 11 is 2.96. The number of amides is 2. The van der Waals surface area contributed by atoms with Gasteiger partial charge in [-0.05, 0) is 31.2 Å². The SMILES string of the molecule is Cc1ccc(Sc2ncccc2C(=O)N2CC(N3CCN(C(=O)c4cscn4)CC3)C2)cc1. The Bertz CT molecular complexity index is 1120. The summed E-state index contributed by atoms with van der Waals surface area (Å²) in [4.78, 5) is 41.5. The maximum Gasteiger partial charge on any atom is 0.273 e. The molecule has 2 saturated heterocycles. The molecular weight excluding hydrogens is 454 g/mol. The Morgan fingerprint density at radius 1 is 0.970 bits per heavy atom. The van der Waals surface area contributed by atoms with Gasteiger partial charge in [0.05, 0.1) is 11.1 Å². The van der Waals surface area contributed by atoms with E-state index in [4.69, 9.17) is 0 Å². The Balaban J connectivity index is 1.16. The van der Waals surface area contributed by atoms with Gasteiger partial charge in [0, 0.05) is 61.8 Å². The number of thiazole rings is 1. The summed E-state index contributed by atoms with van der Waals surface area (Å²) in [6.07, 6.45) is 1.73. The number of carbonyl (C=O) groups excluding carboxylic acids is 2. The standard InChI is InChI=1S/C24H25N5O2S2/c1-17-4-6-19(7-5-17)33-22-20(3-2-8-25-22)23(30)29-13-18(14-29)27-9-11-28(12-10-27)24(31)21-15-32-16-26-21/h2-8,15-16,18H,9-14H2,1H3. The minimum absolute atomic E-state index is 0.0106. The number of pyridine rings is 1. The Morgan fingerprint density at radius 2 is 1.73 bits per heavy atom. The zero-order valence-corrected chi connectivity index (χ0v) is 20.0. The molecule has 2 amide bonds. The summed E-state index contributed by atoms with van der Waals surface area (Å²) in [7, 11) is 0. The molecule has 7 nitrogen and oxygen atoms in total. The molecule has 4 heterocycles. The molecule has 0 bridgehead atoms. The topological polar surface area (TPSA) is 69.6 Å². The van der Waals surface area contributed by atoms with Crippen LogP contribution in [0.4, 0.5) is 0 Å². The number of likely N-dealkylation sites (tertiary alicyclic amines) is 1. The van der Waals surface area contributed by atoms with Crippen LogP contribution in [0.2, 0.25) is 0 Å². The highest BCUT2D eigenvalue weighted by Gasteiger charge is 2.37. The average molecular weight is 480 g/mol. The quantitative estimate of drug-likeness (QED) is 0.559. The van der Waals surface area contributed by atoms with E-state index >= 15 is 0 Å². The van der Waals surface area contributed by atoms with Gasteiger partial charge in [0.15, 0.2) is 0 Å². The van der Waals surface area contributed by atoms with Gasteiger partial charge >= 0.3 is 0 Å². The molecule has 2 fully saturated rings. The number of aryl methyl sites for hydroxylation is 1. The van der Waals surface area contributed by atoms with E-state index in [1.807, 2.05) is 21.9 Å². The molecule has 2 aromatic heterocycles. The summed E-state index contributed by atoms with van der Waals surface area (Å²) < 4.78 is 0. The summed E-state index contributed by atoms with van der Waals surface area (Å²) in [5.74, 6) is 0.0443. The predicted octanol–water partition coefficient (Wildman–Crippen LogP) is 3.28. The molecule has 2 aliphatic heterocycles. The number of rotatable bonds is 5. The molecule has 2 aliphatic rings. The number of hydrogen-bond donors (Lipinski definition) is 0. The molecule has 0 saturated carbocycles. The van der Waals surface area contributed by atoms with Crippen molar-refractivity contribution < 1.29 is 9.59 Å². The zero-order valence-electron chi connectivity index (χ0n) is 18.4. The van der Waals surface area contributed by atoms with Gasteiger partial charge in [-0.15, -0.1) is 11.3 Å². The molecule has 0 atom stereocenters. The van der Waals surface area contributed by atoms with Crippen LogP contribution >= 0.6 is 23.1 Å². The lowest BCUT2D eigenvalue weighted by atomic mass is 10.0. The number of aromatic nitrogens is 2. The third kappa shape index (κ3) is 4.80. The third-order valence-corrected chi connectivity index (χ3v) is 7.77. The third-order valence-electron chi connectivity index (χ3n) is 6.16. The molecule has 0 unspecified atom stereocenters. The van der Waals surface area contributed by atoms with E-state index in [1.165, 1.54) is 28.7 Å². The molecule has 33 heavy (non-hydrogen) atoms. The van der Waals surface area contributed by atoms with Crippen molar-refractivity contribution in [2.45, 2.75) is 22.9 Å². The van der Waals surface area contributed by atoms with Gasteiger partial charge < -0.3 is 9.80 Å². The van der Waals surface area contributed by atoms with Gasteiger partial charge in [-0.3, -0.25) is 14.5 Å². The van der Waals surface area contributed by atoms with Gasteiger partial charge in [-0.2, -0.15) is 0 Å². The van der Waals surface area contributed by atoms with Crippen LogP contribution in [0, 0.1) is 6.92 Å². The van der Waals surface area contributed by atoms with Crippen molar-refractivity contribution in [2.24, 2.45) is 0 Å². The van der Waals surface area contributed by atoms with Gasteiger partial charge in [0.1, 0.15) is 10.7 Å². The Kier molecular flexibility index (Phi) is 6.43. The second kappa shape index (κ2) is 9.62. The monoisotopic (exact) mass is 479 g/mol. The molecular formula is C24H25N5O2S2. The van der Waals surface area contributed by atoms with E-state index in [2.05, 4.69) is 46.1 Å². The number of nitrogens with zero attached hydrogens (tertiary/aromatic N) is 5. The van der Waals surface area contributed by atoms with Gasteiger partial charge in [-0.25, -0.2) is 9.97 Å². The van der Waals surface area contributed by atoms with Crippen molar-refractivity contribution in [3.8, 4) is 0 Å². The lowest BCUT2D eigenvalue weighted by molar-refractivity contribution is 0.00822. The molecule has 0 radical (unpaired) electrons. The molecule has 170 valence electrons. The van der Waals surface area contributed by atoms with Crippen LogP contribution < -0.4 is 0 Å². The fraction of sp³-hybridized carbons (Fsp3) is 0.333. The van der Waals surface area contributed by atoms with Crippen molar-refractivity contribution >= 4 is 34.9 Å². The Morgan fingerprint density at radius 3 is 2.42 bits per heavy atom. The van der Waals surface area contributed by atoms with Crippen LogP contribution in [0.25, 0.3) is 0 Å². The minimum Gasteiger partial charge on any atom is -0.335 e. The number of carbonyl (C=O) groups is 2. The first-order valence-electron chi connectivity index (χ1n) is 11.0. The van der Waals surface area contributed by atoms with Crippen molar-refractivity contribution in [1.82, 2.24) is 24.7 Å². The highest BCUT2D eigenvalue weighted by Crippen LogP contribution is 2.30. The first-order chi connectivity index (χ1) is 16.1. The number of hydrogen-bond acceptors (Lipinski definition) is 7. The first-order valence-corrected chi connectivity index (χ1v) is 12.7. The fourth-order valence-electron chi connectivity index (χ4n) is 4.15. The van der Waals surface area contributed by atoms with Crippen molar-refractivity contribution in [3.05, 3.63) is 70.3 Å². The largest absolute Gasteiger partial charge is 0.335 e. The molecule has 9 heteroatoms. The van der Waals surface area contributed by atoms with Crippen LogP contribution in [-0.2, 0) is 0 Å². The lowest BCUT2D eigenvalue weighted by Gasteiger charge is -2.48. The minimum atomic E-state index is 0.0106. The second-order valence-corrected chi connectivity index (χ2v) is 10.1. The van der Waals surface area contributed by atoms with E-state index in [0.717, 1.165) is 23.0 Å². The van der Waals surface area contributed by atoms with Crippen LogP contribution in [-0.4, -0.2) is 81.8 Å². The summed E-state index contributed by atoms with van der Waals surface area (Å²) in [5.41, 5.74) is 4.08. The molecule has 0 aliphatic carbocycles. The van der Waals surface area contributed by atoms with Crippen molar-refractivity contribution in [2.75, 3.05) is 39.3 Å². The van der Waals surface area contributed by atoms with Gasteiger partial charge in [0.2, 0.25) is 0 Å². The van der Waals surface area contributed by atoms with E-state index in [-0.39, 0.29) is 11.8 Å². The average Bonchev–Trinajstić information content (AvgIpc) is 3.35. The maximum absolute atomic E-state index is 13.2. The highest BCUT2D eigenvalue weighted by molar-refractivity contribution is 7.99. The summed E-state index contributed by atoms with van der Waals surface area (Å²) in [6.45, 7) is 6.52. The fourth-order valence-corrected chi connectivity index (χ4v) is 5.55. The summed E-state index contributed by atoms with van der Waals surface area (Å²) in [6, 6.07) is 12.3. The van der Waals surface area contributed by atoms with Gasteiger partial charge in [-0.1, -0.05) is 29.5 Å². The lowest BCUT2D eigenvalue weighted by Crippen LogP contribution is -2.64. The normalized spacial score (nSPS) is 17.1. The second-order valence-electron chi connectivity index (χ2n) is 8.34. The van der Waals surface area contributed by atoms with Crippen LogP contribution in [0.3, 0.4) is 0 Å². The zero-order chi connectivity index (χ0) is 22.8. The number of benzene rings is 1. The predicted molar refractivity (Wildman–Crippen MR) is 129 cm³/mol. The van der Waals surface area contributed by atoms with Crippen molar-refractivity contribution in [3.63, 3.8) is 0 Å². The number of piperazine rings is 1. The Hall–Kier alpha value is -2.75. The van der Waals surface area contributed by atoms with Crippen molar-refractivity contribution in [1.29, 1.82) is 0 Å². The van der Waals surface area contributed by atoms with Crippen LogP contribution in [0.1, 0.15) is 26.4 Å². The molecule has 3 aromatic rings. The molecule has 1 aromatic carbocycles. The Labute approximate surface area is 201 Å². The van der Waals surface area contributed by atoms with Crippen LogP contribution in [0.5, 0.6) is 0 Å². The molecule has 5 rings (SSSR count). The van der Waals surface area contributed by atoms with Crippen LogP contribution in [0.15, 0.2) is 63.4 Å². The van der Waals surface area contributed by atoms with E-state index in [9.17, 15) is 9.59 Å². The molecule has 0 N–H and O–H groups in total. The first kappa shape index (κ1) is 22.1.